The Morgan fingerprint density at radius 3 is 2.52 bits per heavy atom. The maximum atomic E-state index is 4.73. The zero-order valence-electron chi connectivity index (χ0n) is 16.4. The first-order chi connectivity index (χ1) is 13.0. The number of benzene rings is 1. The van der Waals surface area contributed by atoms with Crippen LogP contribution >= 0.6 is 0 Å². The van der Waals surface area contributed by atoms with Gasteiger partial charge in [-0.25, -0.2) is 4.68 Å². The van der Waals surface area contributed by atoms with Crippen LogP contribution < -0.4 is 5.32 Å². The van der Waals surface area contributed by atoms with Crippen molar-refractivity contribution >= 4 is 0 Å². The van der Waals surface area contributed by atoms with E-state index in [0.29, 0.717) is 6.04 Å². The van der Waals surface area contributed by atoms with Crippen LogP contribution in [0.1, 0.15) is 62.0 Å². The Kier molecular flexibility index (Phi) is 4.83. The van der Waals surface area contributed by atoms with E-state index in [0.717, 1.165) is 25.1 Å². The van der Waals surface area contributed by atoms with Gasteiger partial charge < -0.3 is 5.32 Å². The molecule has 0 radical (unpaired) electrons. The van der Waals surface area contributed by atoms with Gasteiger partial charge in [0.25, 0.3) is 0 Å². The fourth-order valence-corrected chi connectivity index (χ4v) is 3.84. The molecule has 27 heavy (non-hydrogen) atoms. The molecule has 2 aromatic heterocycles. The molecule has 0 bridgehead atoms. The highest BCUT2D eigenvalue weighted by Crippen LogP contribution is 2.32. The number of aromatic nitrogens is 3. The summed E-state index contributed by atoms with van der Waals surface area (Å²) in [5.74, 6) is 0. The van der Waals surface area contributed by atoms with Crippen molar-refractivity contribution in [1.29, 1.82) is 0 Å². The van der Waals surface area contributed by atoms with Crippen molar-refractivity contribution in [2.75, 3.05) is 0 Å². The fourth-order valence-electron chi connectivity index (χ4n) is 3.84. The van der Waals surface area contributed by atoms with E-state index < -0.39 is 0 Å². The molecule has 1 atom stereocenters. The predicted molar refractivity (Wildman–Crippen MR) is 109 cm³/mol. The molecule has 0 saturated heterocycles. The lowest BCUT2D eigenvalue weighted by atomic mass is 9.87. The third-order valence-corrected chi connectivity index (χ3v) is 5.46. The molecular weight excluding hydrogens is 332 g/mol. The van der Waals surface area contributed by atoms with Gasteiger partial charge in [0.05, 0.1) is 11.9 Å². The van der Waals surface area contributed by atoms with E-state index in [1.54, 1.807) is 0 Å². The highest BCUT2D eigenvalue weighted by Gasteiger charge is 2.24. The molecule has 0 aliphatic heterocycles. The van der Waals surface area contributed by atoms with Crippen molar-refractivity contribution in [2.24, 2.45) is 0 Å². The van der Waals surface area contributed by atoms with Gasteiger partial charge >= 0.3 is 0 Å². The summed E-state index contributed by atoms with van der Waals surface area (Å²) in [6.07, 6.45) is 9.19. The Hall–Kier alpha value is -2.46. The van der Waals surface area contributed by atoms with Gasteiger partial charge in [-0.1, -0.05) is 32.9 Å². The molecule has 0 saturated carbocycles. The molecule has 2 heterocycles. The van der Waals surface area contributed by atoms with E-state index in [4.69, 9.17) is 5.10 Å². The molecule has 1 aliphatic carbocycles. The van der Waals surface area contributed by atoms with E-state index in [1.807, 2.05) is 12.4 Å². The Balaban J connectivity index is 1.55. The van der Waals surface area contributed by atoms with E-state index in [9.17, 15) is 0 Å². The van der Waals surface area contributed by atoms with Crippen molar-refractivity contribution < 1.29 is 0 Å². The van der Waals surface area contributed by atoms with Gasteiger partial charge in [-0.15, -0.1) is 0 Å². The minimum absolute atomic E-state index is 0.171. The van der Waals surface area contributed by atoms with E-state index in [2.05, 4.69) is 78.3 Å². The maximum Gasteiger partial charge on any atom is 0.0649 e. The predicted octanol–water partition coefficient (Wildman–Crippen LogP) is 4.73. The average molecular weight is 361 g/mol. The quantitative estimate of drug-likeness (QED) is 0.731. The monoisotopic (exact) mass is 360 g/mol. The summed E-state index contributed by atoms with van der Waals surface area (Å²) in [5.41, 5.74) is 6.63. The Morgan fingerprint density at radius 2 is 1.81 bits per heavy atom. The van der Waals surface area contributed by atoms with Gasteiger partial charge in [0.2, 0.25) is 0 Å². The molecule has 140 valence electrons. The molecule has 4 rings (SSSR count). The van der Waals surface area contributed by atoms with E-state index in [1.165, 1.54) is 28.8 Å². The number of hydrogen-bond acceptors (Lipinski definition) is 3. The van der Waals surface area contributed by atoms with Crippen LogP contribution in [-0.4, -0.2) is 14.8 Å². The van der Waals surface area contributed by atoms with Crippen LogP contribution in [0.5, 0.6) is 0 Å². The van der Waals surface area contributed by atoms with E-state index in [-0.39, 0.29) is 5.41 Å². The summed E-state index contributed by atoms with van der Waals surface area (Å²) >= 11 is 0. The van der Waals surface area contributed by atoms with Crippen molar-refractivity contribution in [3.63, 3.8) is 0 Å². The van der Waals surface area contributed by atoms with Gasteiger partial charge in [-0.05, 0) is 60.1 Å². The van der Waals surface area contributed by atoms with Crippen LogP contribution in [0.2, 0.25) is 0 Å². The summed E-state index contributed by atoms with van der Waals surface area (Å²) in [4.78, 5) is 4.09. The highest BCUT2D eigenvalue weighted by atomic mass is 15.3. The molecule has 1 unspecified atom stereocenters. The molecule has 1 N–H and O–H groups in total. The second kappa shape index (κ2) is 7.28. The number of fused-ring (bicyclic) bond motifs is 1. The van der Waals surface area contributed by atoms with Crippen molar-refractivity contribution in [3.05, 3.63) is 77.4 Å². The third-order valence-electron chi connectivity index (χ3n) is 5.46. The smallest absolute Gasteiger partial charge is 0.0649 e. The third kappa shape index (κ3) is 3.81. The van der Waals surface area contributed by atoms with Gasteiger partial charge in [-0.3, -0.25) is 4.98 Å². The largest absolute Gasteiger partial charge is 0.306 e. The standard InChI is InChI=1S/C23H28N4/c1-23(2,3)18-7-9-19(10-8-18)27-22-6-4-5-21(20(22)16-26-27)25-15-17-11-13-24-14-12-17/h7-14,16,21,25H,4-6,15H2,1-3H3. The van der Waals surface area contributed by atoms with Crippen molar-refractivity contribution in [3.8, 4) is 5.69 Å². The van der Waals surface area contributed by atoms with Gasteiger partial charge in [0, 0.05) is 36.2 Å². The summed E-state index contributed by atoms with van der Waals surface area (Å²) in [6.45, 7) is 7.60. The normalized spacial score (nSPS) is 16.9. The summed E-state index contributed by atoms with van der Waals surface area (Å²) in [5, 5.41) is 8.44. The number of pyridine rings is 1. The SMILES string of the molecule is CC(C)(C)c1ccc(-n2ncc3c2CCCC3NCc2ccncc2)cc1. The van der Waals surface area contributed by atoms with Crippen LogP contribution in [-0.2, 0) is 18.4 Å². The fraction of sp³-hybridized carbons (Fsp3) is 0.391. The lowest BCUT2D eigenvalue weighted by Crippen LogP contribution is -2.25. The van der Waals surface area contributed by atoms with Gasteiger partial charge in [0.15, 0.2) is 0 Å². The Morgan fingerprint density at radius 1 is 1.07 bits per heavy atom. The molecule has 1 aromatic carbocycles. The van der Waals surface area contributed by atoms with Crippen LogP contribution in [0, 0.1) is 0 Å². The molecule has 3 aromatic rings. The second-order valence-electron chi connectivity index (χ2n) is 8.44. The first kappa shape index (κ1) is 17.9. The average Bonchev–Trinajstić information content (AvgIpc) is 3.11. The Labute approximate surface area is 161 Å². The second-order valence-corrected chi connectivity index (χ2v) is 8.44. The number of hydrogen-bond donors (Lipinski definition) is 1. The van der Waals surface area contributed by atoms with Crippen LogP contribution in [0.4, 0.5) is 0 Å². The van der Waals surface area contributed by atoms with Crippen LogP contribution in [0.3, 0.4) is 0 Å². The topological polar surface area (TPSA) is 42.7 Å². The number of rotatable bonds is 4. The zero-order chi connectivity index (χ0) is 18.9. The van der Waals surface area contributed by atoms with Gasteiger partial charge in [-0.2, -0.15) is 5.10 Å². The summed E-state index contributed by atoms with van der Waals surface area (Å²) in [6, 6.07) is 13.3. The van der Waals surface area contributed by atoms with E-state index >= 15 is 0 Å². The molecule has 1 aliphatic rings. The minimum atomic E-state index is 0.171. The Bertz CT molecular complexity index is 888. The molecule has 0 spiro atoms. The zero-order valence-corrected chi connectivity index (χ0v) is 16.4. The van der Waals surface area contributed by atoms with Crippen molar-refractivity contribution in [1.82, 2.24) is 20.1 Å². The van der Waals surface area contributed by atoms with Crippen LogP contribution in [0.25, 0.3) is 5.69 Å². The molecule has 4 heteroatoms. The summed E-state index contributed by atoms with van der Waals surface area (Å²) < 4.78 is 2.13. The number of nitrogens with zero attached hydrogens (tertiary/aromatic N) is 3. The van der Waals surface area contributed by atoms with Gasteiger partial charge in [0.1, 0.15) is 0 Å². The lowest BCUT2D eigenvalue weighted by molar-refractivity contribution is 0.454. The highest BCUT2D eigenvalue weighted by molar-refractivity contribution is 5.40. The molecular formula is C23H28N4. The molecule has 0 fully saturated rings. The maximum absolute atomic E-state index is 4.73. The minimum Gasteiger partial charge on any atom is -0.306 e. The summed E-state index contributed by atoms with van der Waals surface area (Å²) in [7, 11) is 0. The van der Waals surface area contributed by atoms with Crippen LogP contribution in [0.15, 0.2) is 55.0 Å². The first-order valence-corrected chi connectivity index (χ1v) is 9.82. The molecule has 4 nitrogen and oxygen atoms in total. The van der Waals surface area contributed by atoms with Crippen molar-refractivity contribution in [2.45, 2.75) is 58.0 Å². The lowest BCUT2D eigenvalue weighted by Gasteiger charge is -2.24. The number of nitrogens with one attached hydrogen (secondary N) is 1. The first-order valence-electron chi connectivity index (χ1n) is 9.82. The molecule has 0 amide bonds.